The number of para-hydroxylation sites is 1. The van der Waals surface area contributed by atoms with Gasteiger partial charge in [-0.1, -0.05) is 31.2 Å². The van der Waals surface area contributed by atoms with Crippen molar-refractivity contribution in [1.29, 1.82) is 0 Å². The SMILES string of the molecule is CCN(CC(=O)N(C)C(C)c1ccc(F)cc1)Cc1nc2ccccc2c(=O)[nH]1. The molecular formula is C22H25FN4O2. The van der Waals surface area contributed by atoms with Crippen LogP contribution in [-0.2, 0) is 11.3 Å². The van der Waals surface area contributed by atoms with Crippen molar-refractivity contribution in [3.05, 3.63) is 76.1 Å². The van der Waals surface area contributed by atoms with Gasteiger partial charge in [0.2, 0.25) is 5.91 Å². The zero-order valence-electron chi connectivity index (χ0n) is 16.9. The second kappa shape index (κ2) is 8.96. The maximum absolute atomic E-state index is 13.1. The molecule has 2 aromatic carbocycles. The first kappa shape index (κ1) is 20.7. The maximum atomic E-state index is 13.1. The van der Waals surface area contributed by atoms with Crippen molar-refractivity contribution in [2.24, 2.45) is 0 Å². The van der Waals surface area contributed by atoms with Crippen LogP contribution in [0.1, 0.15) is 31.3 Å². The van der Waals surface area contributed by atoms with Crippen LogP contribution in [0.5, 0.6) is 0 Å². The predicted molar refractivity (Wildman–Crippen MR) is 111 cm³/mol. The molecule has 7 heteroatoms. The number of benzene rings is 2. The smallest absolute Gasteiger partial charge is 0.258 e. The van der Waals surface area contributed by atoms with Crippen molar-refractivity contribution >= 4 is 16.8 Å². The van der Waals surface area contributed by atoms with Crippen LogP contribution in [0, 0.1) is 5.82 Å². The fraction of sp³-hybridized carbons (Fsp3) is 0.318. The minimum Gasteiger partial charge on any atom is -0.338 e. The van der Waals surface area contributed by atoms with Crippen molar-refractivity contribution in [3.8, 4) is 0 Å². The lowest BCUT2D eigenvalue weighted by molar-refractivity contribution is -0.133. The summed E-state index contributed by atoms with van der Waals surface area (Å²) >= 11 is 0. The van der Waals surface area contributed by atoms with Gasteiger partial charge in [-0.15, -0.1) is 0 Å². The largest absolute Gasteiger partial charge is 0.338 e. The molecule has 3 rings (SSSR count). The van der Waals surface area contributed by atoms with Gasteiger partial charge in [-0.05, 0) is 43.3 Å². The van der Waals surface area contributed by atoms with Crippen LogP contribution in [0.4, 0.5) is 4.39 Å². The van der Waals surface area contributed by atoms with Crippen molar-refractivity contribution in [2.75, 3.05) is 20.1 Å². The van der Waals surface area contributed by atoms with Gasteiger partial charge in [-0.25, -0.2) is 9.37 Å². The Bertz CT molecular complexity index is 1050. The van der Waals surface area contributed by atoms with Crippen molar-refractivity contribution < 1.29 is 9.18 Å². The first-order valence-electron chi connectivity index (χ1n) is 9.60. The number of amides is 1. The van der Waals surface area contributed by atoms with Gasteiger partial charge in [-0.2, -0.15) is 0 Å². The summed E-state index contributed by atoms with van der Waals surface area (Å²) in [7, 11) is 1.74. The first-order chi connectivity index (χ1) is 13.9. The molecule has 0 fully saturated rings. The number of carbonyl (C=O) groups is 1. The standard InChI is InChI=1S/C22H25FN4O2/c1-4-27(13-20-24-19-8-6-5-7-18(19)22(29)25-20)14-21(28)26(3)15(2)16-9-11-17(23)12-10-16/h5-12,15H,4,13-14H2,1-3H3,(H,24,25,29). The Labute approximate surface area is 169 Å². The van der Waals surface area contributed by atoms with E-state index in [-0.39, 0.29) is 29.9 Å². The lowest BCUT2D eigenvalue weighted by Gasteiger charge is -2.28. The molecule has 1 N–H and O–H groups in total. The molecule has 0 saturated carbocycles. The third-order valence-corrected chi connectivity index (χ3v) is 5.17. The van der Waals surface area contributed by atoms with E-state index in [1.807, 2.05) is 24.8 Å². The Balaban J connectivity index is 1.69. The maximum Gasteiger partial charge on any atom is 0.258 e. The number of aromatic nitrogens is 2. The fourth-order valence-electron chi connectivity index (χ4n) is 3.18. The number of hydrogen-bond acceptors (Lipinski definition) is 4. The van der Waals surface area contributed by atoms with Crippen LogP contribution in [0.2, 0.25) is 0 Å². The molecule has 0 aliphatic rings. The van der Waals surface area contributed by atoms with Crippen molar-refractivity contribution in [3.63, 3.8) is 0 Å². The average molecular weight is 396 g/mol. The van der Waals surface area contributed by atoms with Gasteiger partial charge in [-0.3, -0.25) is 14.5 Å². The second-order valence-electron chi connectivity index (χ2n) is 7.07. The van der Waals surface area contributed by atoms with Gasteiger partial charge < -0.3 is 9.88 Å². The first-order valence-corrected chi connectivity index (χ1v) is 9.60. The zero-order valence-corrected chi connectivity index (χ0v) is 16.9. The molecule has 0 spiro atoms. The highest BCUT2D eigenvalue weighted by molar-refractivity contribution is 5.78. The Hall–Kier alpha value is -3.06. The highest BCUT2D eigenvalue weighted by Crippen LogP contribution is 2.19. The monoisotopic (exact) mass is 396 g/mol. The average Bonchev–Trinajstić information content (AvgIpc) is 2.72. The predicted octanol–water partition coefficient (Wildman–Crippen LogP) is 3.10. The van der Waals surface area contributed by atoms with E-state index in [4.69, 9.17) is 0 Å². The third-order valence-electron chi connectivity index (χ3n) is 5.17. The minimum absolute atomic E-state index is 0.0631. The number of likely N-dealkylation sites (N-methyl/N-ethyl adjacent to an activating group) is 2. The van der Waals surface area contributed by atoms with Crippen LogP contribution in [0.3, 0.4) is 0 Å². The zero-order chi connectivity index (χ0) is 21.0. The summed E-state index contributed by atoms with van der Waals surface area (Å²) in [6, 6.07) is 13.1. The molecule has 1 atom stereocenters. The number of H-pyrrole nitrogens is 1. The summed E-state index contributed by atoms with van der Waals surface area (Å²) in [6.07, 6.45) is 0. The molecule has 152 valence electrons. The number of fused-ring (bicyclic) bond motifs is 1. The number of carbonyl (C=O) groups excluding carboxylic acids is 1. The molecule has 0 radical (unpaired) electrons. The van der Waals surface area contributed by atoms with Crippen LogP contribution in [0.25, 0.3) is 10.9 Å². The van der Waals surface area contributed by atoms with E-state index in [0.29, 0.717) is 29.8 Å². The number of nitrogens with zero attached hydrogens (tertiary/aromatic N) is 3. The Morgan fingerprint density at radius 1 is 1.17 bits per heavy atom. The fourth-order valence-corrected chi connectivity index (χ4v) is 3.18. The number of nitrogens with one attached hydrogen (secondary N) is 1. The topological polar surface area (TPSA) is 69.3 Å². The molecule has 0 aliphatic carbocycles. The molecule has 6 nitrogen and oxygen atoms in total. The second-order valence-corrected chi connectivity index (χ2v) is 7.07. The van der Waals surface area contributed by atoms with Gasteiger partial charge in [0.15, 0.2) is 0 Å². The van der Waals surface area contributed by atoms with Gasteiger partial charge in [0.1, 0.15) is 11.6 Å². The molecule has 0 saturated heterocycles. The van der Waals surface area contributed by atoms with Crippen LogP contribution in [0.15, 0.2) is 53.3 Å². The van der Waals surface area contributed by atoms with E-state index in [2.05, 4.69) is 9.97 Å². The number of rotatable bonds is 7. The summed E-state index contributed by atoms with van der Waals surface area (Å²) < 4.78 is 13.1. The molecule has 0 bridgehead atoms. The lowest BCUT2D eigenvalue weighted by atomic mass is 10.1. The lowest BCUT2D eigenvalue weighted by Crippen LogP contribution is -2.39. The number of halogens is 1. The molecule has 1 heterocycles. The Kier molecular flexibility index (Phi) is 6.39. The molecule has 1 unspecified atom stereocenters. The van der Waals surface area contributed by atoms with E-state index < -0.39 is 0 Å². The van der Waals surface area contributed by atoms with Gasteiger partial charge in [0.05, 0.1) is 30.0 Å². The highest BCUT2D eigenvalue weighted by atomic mass is 19.1. The molecule has 0 aliphatic heterocycles. The summed E-state index contributed by atoms with van der Waals surface area (Å²) in [5.74, 6) is 0.161. The number of aromatic amines is 1. The van der Waals surface area contributed by atoms with Crippen molar-refractivity contribution in [1.82, 2.24) is 19.8 Å². The van der Waals surface area contributed by atoms with Gasteiger partial charge in [0.25, 0.3) is 5.56 Å². The van der Waals surface area contributed by atoms with E-state index in [1.54, 1.807) is 42.3 Å². The molecule has 1 aromatic heterocycles. The van der Waals surface area contributed by atoms with Crippen LogP contribution >= 0.6 is 0 Å². The summed E-state index contributed by atoms with van der Waals surface area (Å²) in [6.45, 7) is 5.04. The van der Waals surface area contributed by atoms with Crippen LogP contribution in [-0.4, -0.2) is 45.8 Å². The minimum atomic E-state index is -0.302. The molecular weight excluding hydrogens is 371 g/mol. The van der Waals surface area contributed by atoms with Gasteiger partial charge in [0, 0.05) is 7.05 Å². The summed E-state index contributed by atoms with van der Waals surface area (Å²) in [4.78, 5) is 35.9. The normalized spacial score (nSPS) is 12.3. The van der Waals surface area contributed by atoms with E-state index in [9.17, 15) is 14.0 Å². The third kappa shape index (κ3) is 4.86. The molecule has 3 aromatic rings. The van der Waals surface area contributed by atoms with E-state index >= 15 is 0 Å². The number of hydrogen-bond donors (Lipinski definition) is 1. The van der Waals surface area contributed by atoms with E-state index in [1.165, 1.54) is 12.1 Å². The summed E-state index contributed by atoms with van der Waals surface area (Å²) in [5.41, 5.74) is 1.32. The Morgan fingerprint density at radius 2 is 1.86 bits per heavy atom. The van der Waals surface area contributed by atoms with Crippen LogP contribution < -0.4 is 5.56 Å². The van der Waals surface area contributed by atoms with Crippen molar-refractivity contribution in [2.45, 2.75) is 26.4 Å². The molecule has 1 amide bonds. The molecule has 29 heavy (non-hydrogen) atoms. The quantitative estimate of drug-likeness (QED) is 0.666. The van der Waals surface area contributed by atoms with Gasteiger partial charge >= 0.3 is 0 Å². The summed E-state index contributed by atoms with van der Waals surface area (Å²) in [5, 5.41) is 0.545. The Morgan fingerprint density at radius 3 is 2.55 bits per heavy atom. The highest BCUT2D eigenvalue weighted by Gasteiger charge is 2.20. The van der Waals surface area contributed by atoms with E-state index in [0.717, 1.165) is 5.56 Å².